The van der Waals surface area contributed by atoms with Gasteiger partial charge < -0.3 is 9.67 Å². The summed E-state index contributed by atoms with van der Waals surface area (Å²) in [6, 6.07) is 25.3. The summed E-state index contributed by atoms with van der Waals surface area (Å²) in [6.45, 7) is 2.48. The Balaban J connectivity index is 2.02. The number of nitriles is 1. The van der Waals surface area contributed by atoms with Gasteiger partial charge in [-0.2, -0.15) is 5.26 Å². The van der Waals surface area contributed by atoms with Gasteiger partial charge in [0.25, 0.3) is 0 Å². The van der Waals surface area contributed by atoms with Crippen molar-refractivity contribution in [2.45, 2.75) is 25.2 Å². The first-order valence-corrected chi connectivity index (χ1v) is 9.47. The number of nitrogens with zero attached hydrogens (tertiary/aromatic N) is 3. The van der Waals surface area contributed by atoms with Crippen LogP contribution in [0.5, 0.6) is 0 Å². The van der Waals surface area contributed by atoms with Gasteiger partial charge in [-0.3, -0.25) is 0 Å². The minimum absolute atomic E-state index is 0.282. The number of aryl methyl sites for hydroxylation is 1. The molecule has 0 bridgehead atoms. The van der Waals surface area contributed by atoms with Gasteiger partial charge in [0.05, 0.1) is 11.0 Å². The van der Waals surface area contributed by atoms with Crippen LogP contribution >= 0.6 is 0 Å². The van der Waals surface area contributed by atoms with Gasteiger partial charge in [0.2, 0.25) is 6.17 Å². The third-order valence-electron chi connectivity index (χ3n) is 5.20. The largest absolute Gasteiger partial charge is 0.373 e. The molecule has 1 heterocycles. The van der Waals surface area contributed by atoms with Crippen molar-refractivity contribution >= 4 is 11.0 Å². The minimum atomic E-state index is -1.70. The molecule has 144 valence electrons. The molecule has 0 spiro atoms. The Labute approximate surface area is 168 Å². The van der Waals surface area contributed by atoms with Gasteiger partial charge in [0.15, 0.2) is 11.4 Å². The molecule has 1 N–H and O–H groups in total. The Morgan fingerprint density at radius 1 is 1.03 bits per heavy atom. The van der Waals surface area contributed by atoms with E-state index in [0.717, 1.165) is 0 Å². The number of hydrogen-bond acceptors (Lipinski definition) is 3. The molecule has 0 fully saturated rings. The molecular weight excluding hydrogens is 365 g/mol. The van der Waals surface area contributed by atoms with Gasteiger partial charge in [-0.05, 0) is 30.2 Å². The predicted molar refractivity (Wildman–Crippen MR) is 110 cm³/mol. The number of halogens is 1. The van der Waals surface area contributed by atoms with Crippen LogP contribution in [0.15, 0.2) is 78.9 Å². The zero-order valence-corrected chi connectivity index (χ0v) is 16.0. The molecule has 1 aromatic heterocycles. The molecule has 0 aliphatic carbocycles. The maximum absolute atomic E-state index is 14.0. The van der Waals surface area contributed by atoms with E-state index in [0.29, 0.717) is 34.5 Å². The highest BCUT2D eigenvalue weighted by atomic mass is 19.1. The molecule has 0 aliphatic rings. The molecule has 0 aliphatic heterocycles. The van der Waals surface area contributed by atoms with E-state index in [4.69, 9.17) is 10.2 Å². The number of fused-ring (bicyclic) bond motifs is 1. The zero-order chi connectivity index (χ0) is 20.4. The first-order chi connectivity index (χ1) is 14.1. The van der Waals surface area contributed by atoms with Crippen LogP contribution in [0.2, 0.25) is 0 Å². The highest BCUT2D eigenvalue weighted by Gasteiger charge is 2.38. The van der Waals surface area contributed by atoms with Crippen molar-refractivity contribution in [3.8, 4) is 6.07 Å². The predicted octanol–water partition coefficient (Wildman–Crippen LogP) is 4.87. The standard InChI is InChI=1S/C24H20FN3O/c1-2-28-22-15-17(20(25)16-26)13-14-21(22)27-23(28)24(29,18-9-5-3-6-10-18)19-11-7-4-8-12-19/h3-15,20,29H,2H2,1H3. The van der Waals surface area contributed by atoms with Gasteiger partial charge in [-0.15, -0.1) is 0 Å². The maximum Gasteiger partial charge on any atom is 0.211 e. The fourth-order valence-corrected chi connectivity index (χ4v) is 3.75. The minimum Gasteiger partial charge on any atom is -0.373 e. The maximum atomic E-state index is 14.0. The molecule has 0 saturated carbocycles. The Hall–Kier alpha value is -3.49. The quantitative estimate of drug-likeness (QED) is 0.533. The first-order valence-electron chi connectivity index (χ1n) is 9.47. The number of benzene rings is 3. The third kappa shape index (κ3) is 3.08. The van der Waals surface area contributed by atoms with Crippen molar-refractivity contribution in [2.75, 3.05) is 0 Å². The molecule has 4 nitrogen and oxygen atoms in total. The average molecular weight is 385 g/mol. The number of aliphatic hydroxyl groups is 1. The molecule has 1 atom stereocenters. The van der Waals surface area contributed by atoms with Gasteiger partial charge >= 0.3 is 0 Å². The lowest BCUT2D eigenvalue weighted by atomic mass is 9.85. The van der Waals surface area contributed by atoms with E-state index in [1.165, 1.54) is 0 Å². The Morgan fingerprint density at radius 3 is 2.14 bits per heavy atom. The van der Waals surface area contributed by atoms with Crippen molar-refractivity contribution in [1.29, 1.82) is 5.26 Å². The molecule has 0 saturated heterocycles. The fourth-order valence-electron chi connectivity index (χ4n) is 3.75. The normalized spacial score (nSPS) is 12.6. The summed E-state index contributed by atoms with van der Waals surface area (Å²) in [5.74, 6) is 0.455. The number of alkyl halides is 1. The lowest BCUT2D eigenvalue weighted by molar-refractivity contribution is 0.112. The van der Waals surface area contributed by atoms with E-state index in [9.17, 15) is 9.50 Å². The topological polar surface area (TPSA) is 61.8 Å². The molecule has 0 amide bonds. The summed E-state index contributed by atoms with van der Waals surface area (Å²) >= 11 is 0. The van der Waals surface area contributed by atoms with Crippen LogP contribution in [0.4, 0.5) is 4.39 Å². The van der Waals surface area contributed by atoms with Crippen LogP contribution in [0, 0.1) is 11.3 Å². The van der Waals surface area contributed by atoms with Crippen molar-refractivity contribution in [3.05, 3.63) is 101 Å². The van der Waals surface area contributed by atoms with E-state index in [-0.39, 0.29) is 5.56 Å². The molecular formula is C24H20FN3O. The summed E-state index contributed by atoms with van der Waals surface area (Å²) in [6.07, 6.45) is -1.70. The highest BCUT2D eigenvalue weighted by Crippen LogP contribution is 2.38. The number of hydrogen-bond donors (Lipinski definition) is 1. The third-order valence-corrected chi connectivity index (χ3v) is 5.20. The molecule has 29 heavy (non-hydrogen) atoms. The fraction of sp³-hybridized carbons (Fsp3) is 0.167. The van der Waals surface area contributed by atoms with Crippen LogP contribution in [-0.4, -0.2) is 14.7 Å². The summed E-state index contributed by atoms with van der Waals surface area (Å²) < 4.78 is 15.8. The second-order valence-electron chi connectivity index (χ2n) is 6.86. The van der Waals surface area contributed by atoms with E-state index in [1.807, 2.05) is 72.2 Å². The molecule has 0 radical (unpaired) electrons. The molecule has 4 rings (SSSR count). The van der Waals surface area contributed by atoms with Crippen molar-refractivity contribution in [1.82, 2.24) is 9.55 Å². The summed E-state index contributed by atoms with van der Waals surface area (Å²) in [7, 11) is 0. The second-order valence-corrected chi connectivity index (χ2v) is 6.86. The monoisotopic (exact) mass is 385 g/mol. The summed E-state index contributed by atoms with van der Waals surface area (Å²) in [5, 5.41) is 21.0. The van der Waals surface area contributed by atoms with Crippen LogP contribution in [-0.2, 0) is 12.1 Å². The highest BCUT2D eigenvalue weighted by molar-refractivity contribution is 5.78. The smallest absolute Gasteiger partial charge is 0.211 e. The molecule has 1 unspecified atom stereocenters. The number of rotatable bonds is 5. The van der Waals surface area contributed by atoms with Crippen LogP contribution < -0.4 is 0 Å². The number of imidazole rings is 1. The van der Waals surface area contributed by atoms with Crippen LogP contribution in [0.3, 0.4) is 0 Å². The van der Waals surface area contributed by atoms with Gasteiger partial charge in [0, 0.05) is 12.1 Å². The van der Waals surface area contributed by atoms with Crippen molar-refractivity contribution in [3.63, 3.8) is 0 Å². The van der Waals surface area contributed by atoms with Gasteiger partial charge in [-0.25, -0.2) is 9.37 Å². The summed E-state index contributed by atoms with van der Waals surface area (Å²) in [5.41, 5.74) is 1.50. The SMILES string of the molecule is CCn1c(C(O)(c2ccccc2)c2ccccc2)nc2ccc(C(F)C#N)cc21. The lowest BCUT2D eigenvalue weighted by Gasteiger charge is -2.29. The van der Waals surface area contributed by atoms with Crippen molar-refractivity contribution in [2.24, 2.45) is 0 Å². The summed E-state index contributed by atoms with van der Waals surface area (Å²) in [4.78, 5) is 4.74. The second kappa shape index (κ2) is 7.50. The van der Waals surface area contributed by atoms with Crippen LogP contribution in [0.1, 0.15) is 35.6 Å². The average Bonchev–Trinajstić information content (AvgIpc) is 3.17. The number of aromatic nitrogens is 2. The van der Waals surface area contributed by atoms with Crippen molar-refractivity contribution < 1.29 is 9.50 Å². The lowest BCUT2D eigenvalue weighted by Crippen LogP contribution is -2.32. The Bertz CT molecular complexity index is 1140. The Kier molecular flexibility index (Phi) is 4.87. The molecule has 5 heteroatoms. The van der Waals surface area contributed by atoms with E-state index in [2.05, 4.69) is 0 Å². The first kappa shape index (κ1) is 18.9. The van der Waals surface area contributed by atoms with E-state index < -0.39 is 11.8 Å². The Morgan fingerprint density at radius 2 is 1.62 bits per heavy atom. The van der Waals surface area contributed by atoms with Gasteiger partial charge in [-0.1, -0.05) is 66.7 Å². The van der Waals surface area contributed by atoms with E-state index in [1.54, 1.807) is 24.3 Å². The van der Waals surface area contributed by atoms with Crippen LogP contribution in [0.25, 0.3) is 11.0 Å². The van der Waals surface area contributed by atoms with E-state index >= 15 is 0 Å². The van der Waals surface area contributed by atoms with Gasteiger partial charge in [0.1, 0.15) is 6.07 Å². The molecule has 4 aromatic rings. The zero-order valence-electron chi connectivity index (χ0n) is 16.0. The molecule has 3 aromatic carbocycles.